The predicted octanol–water partition coefficient (Wildman–Crippen LogP) is 4.72. The van der Waals surface area contributed by atoms with E-state index in [0.717, 1.165) is 18.2 Å². The molecule has 1 atom stereocenters. The monoisotopic (exact) mass is 395 g/mol. The van der Waals surface area contributed by atoms with E-state index in [9.17, 15) is 26.7 Å². The molecule has 0 radical (unpaired) electrons. The molecule has 26 heavy (non-hydrogen) atoms. The Morgan fingerprint density at radius 1 is 1.08 bits per heavy atom. The fraction of sp³-hybridized carbons (Fsp3) is 0.188. The van der Waals surface area contributed by atoms with Crippen molar-refractivity contribution in [3.8, 4) is 5.75 Å². The normalized spacial score (nSPS) is 19.3. The summed E-state index contributed by atoms with van der Waals surface area (Å²) in [6.07, 6.45) is -4.72. The Balaban J connectivity index is 2.16. The highest BCUT2D eigenvalue weighted by atomic mass is 35.5. The van der Waals surface area contributed by atoms with Crippen LogP contribution in [0.3, 0.4) is 0 Å². The van der Waals surface area contributed by atoms with E-state index in [1.165, 1.54) is 0 Å². The molecule has 0 aliphatic carbocycles. The quantitative estimate of drug-likeness (QED) is 0.763. The molecule has 0 bridgehead atoms. The molecule has 3 rings (SSSR count). The summed E-state index contributed by atoms with van der Waals surface area (Å²) in [7, 11) is 0. The van der Waals surface area contributed by atoms with E-state index >= 15 is 4.39 Å². The topological polar surface area (TPSA) is 38.3 Å². The first-order valence-electron chi connectivity index (χ1n) is 7.02. The lowest BCUT2D eigenvalue weighted by molar-refractivity contribution is -0.153. The standard InChI is InChI=1S/C16H8ClF6NO2/c17-7-1-2-13(26-6-15(20,21)22)9(3-7)16(23)8-4-10(18)11(19)5-12(8)24-14(16)25/h1-5H,6H2,(H,24,25). The zero-order valence-corrected chi connectivity index (χ0v) is 13.3. The minimum atomic E-state index is -4.72. The first-order chi connectivity index (χ1) is 12.0. The summed E-state index contributed by atoms with van der Waals surface area (Å²) < 4.78 is 84.4. The number of rotatable bonds is 3. The number of anilines is 1. The molecule has 1 aliphatic rings. The Hall–Kier alpha value is -2.42. The number of hydrogen-bond acceptors (Lipinski definition) is 2. The molecule has 0 spiro atoms. The number of carbonyl (C=O) groups is 1. The van der Waals surface area contributed by atoms with Crippen LogP contribution in [0.4, 0.5) is 32.0 Å². The van der Waals surface area contributed by atoms with Crippen LogP contribution in [-0.4, -0.2) is 18.7 Å². The van der Waals surface area contributed by atoms with Gasteiger partial charge in [-0.1, -0.05) is 11.6 Å². The van der Waals surface area contributed by atoms with Crippen molar-refractivity contribution in [1.82, 2.24) is 0 Å². The van der Waals surface area contributed by atoms with E-state index in [1.54, 1.807) is 0 Å². The molecule has 0 saturated heterocycles. The van der Waals surface area contributed by atoms with E-state index in [1.807, 2.05) is 5.32 Å². The second-order valence-electron chi connectivity index (χ2n) is 5.47. The minimum Gasteiger partial charge on any atom is -0.484 e. The van der Waals surface area contributed by atoms with Gasteiger partial charge < -0.3 is 10.1 Å². The Morgan fingerprint density at radius 3 is 2.38 bits per heavy atom. The molecule has 2 aromatic rings. The number of halogens is 7. The van der Waals surface area contributed by atoms with Gasteiger partial charge in [-0.05, 0) is 24.3 Å². The summed E-state index contributed by atoms with van der Waals surface area (Å²) in [5.41, 5.74) is -4.72. The van der Waals surface area contributed by atoms with E-state index < -0.39 is 52.9 Å². The van der Waals surface area contributed by atoms with Crippen molar-refractivity contribution in [1.29, 1.82) is 0 Å². The molecule has 3 nitrogen and oxygen atoms in total. The number of alkyl halides is 4. The van der Waals surface area contributed by atoms with Crippen LogP contribution < -0.4 is 10.1 Å². The molecule has 0 saturated carbocycles. The summed E-state index contributed by atoms with van der Waals surface area (Å²) >= 11 is 5.77. The van der Waals surface area contributed by atoms with Gasteiger partial charge in [0.25, 0.3) is 5.91 Å². The van der Waals surface area contributed by atoms with E-state index in [4.69, 9.17) is 11.6 Å². The molecule has 138 valence electrons. The van der Waals surface area contributed by atoms with Crippen molar-refractivity contribution >= 4 is 23.2 Å². The van der Waals surface area contributed by atoms with Crippen LogP contribution in [0.2, 0.25) is 5.02 Å². The molecule has 10 heteroatoms. The maximum atomic E-state index is 15.7. The Kier molecular flexibility index (Phi) is 4.30. The van der Waals surface area contributed by atoms with Crippen molar-refractivity contribution in [2.45, 2.75) is 11.8 Å². The highest BCUT2D eigenvalue weighted by Gasteiger charge is 2.51. The first kappa shape index (κ1) is 18.4. The third-order valence-electron chi connectivity index (χ3n) is 3.70. The molecular weight excluding hydrogens is 388 g/mol. The van der Waals surface area contributed by atoms with Gasteiger partial charge in [-0.3, -0.25) is 4.79 Å². The largest absolute Gasteiger partial charge is 0.484 e. The van der Waals surface area contributed by atoms with Gasteiger partial charge in [-0.25, -0.2) is 13.2 Å². The molecule has 1 aliphatic heterocycles. The van der Waals surface area contributed by atoms with Gasteiger partial charge >= 0.3 is 6.18 Å². The van der Waals surface area contributed by atoms with Gasteiger partial charge in [0.2, 0.25) is 5.67 Å². The second kappa shape index (κ2) is 6.08. The van der Waals surface area contributed by atoms with Gasteiger partial charge in [0.15, 0.2) is 18.2 Å². The SMILES string of the molecule is O=C1Nc2cc(F)c(F)cc2C1(F)c1cc(Cl)ccc1OCC(F)(F)F. The molecule has 0 aromatic heterocycles. The summed E-state index contributed by atoms with van der Waals surface area (Å²) in [5, 5.41) is 1.94. The van der Waals surface area contributed by atoms with E-state index in [0.29, 0.717) is 12.1 Å². The minimum absolute atomic E-state index is 0.0970. The van der Waals surface area contributed by atoms with Crippen LogP contribution >= 0.6 is 11.6 Å². The highest BCUT2D eigenvalue weighted by Crippen LogP contribution is 2.48. The van der Waals surface area contributed by atoms with Gasteiger partial charge in [0.1, 0.15) is 5.75 Å². The van der Waals surface area contributed by atoms with Crippen molar-refractivity contribution in [2.24, 2.45) is 0 Å². The van der Waals surface area contributed by atoms with Crippen molar-refractivity contribution in [2.75, 3.05) is 11.9 Å². The van der Waals surface area contributed by atoms with Crippen LogP contribution in [0.15, 0.2) is 30.3 Å². The lowest BCUT2D eigenvalue weighted by Gasteiger charge is -2.22. The maximum absolute atomic E-state index is 15.7. The van der Waals surface area contributed by atoms with Crippen LogP contribution in [0, 0.1) is 11.6 Å². The Labute approximate surface area is 147 Å². The summed E-state index contributed by atoms with van der Waals surface area (Å²) in [5.74, 6) is -4.70. The first-order valence-corrected chi connectivity index (χ1v) is 7.39. The van der Waals surface area contributed by atoms with Crippen molar-refractivity contribution in [3.63, 3.8) is 0 Å². The predicted molar refractivity (Wildman–Crippen MR) is 79.9 cm³/mol. The molecule has 0 fully saturated rings. The van der Waals surface area contributed by atoms with Crippen LogP contribution in [0.5, 0.6) is 5.75 Å². The van der Waals surface area contributed by atoms with E-state index in [2.05, 4.69) is 4.74 Å². The molecule has 1 N–H and O–H groups in total. The van der Waals surface area contributed by atoms with Gasteiger partial charge in [-0.2, -0.15) is 13.2 Å². The van der Waals surface area contributed by atoms with Gasteiger partial charge in [0.05, 0.1) is 5.69 Å². The van der Waals surface area contributed by atoms with Crippen LogP contribution in [0.1, 0.15) is 11.1 Å². The van der Waals surface area contributed by atoms with Crippen molar-refractivity contribution in [3.05, 3.63) is 58.1 Å². The summed E-state index contributed by atoms with van der Waals surface area (Å²) in [6.45, 7) is -1.75. The lowest BCUT2D eigenvalue weighted by Crippen LogP contribution is -2.32. The fourth-order valence-electron chi connectivity index (χ4n) is 2.59. The average molecular weight is 396 g/mol. The molecule has 1 heterocycles. The third kappa shape index (κ3) is 3.07. The fourth-order valence-corrected chi connectivity index (χ4v) is 2.76. The zero-order valence-electron chi connectivity index (χ0n) is 12.6. The van der Waals surface area contributed by atoms with Crippen LogP contribution in [-0.2, 0) is 10.5 Å². The number of benzene rings is 2. The zero-order chi connectivity index (χ0) is 19.3. The Bertz CT molecular complexity index is 901. The molecule has 1 unspecified atom stereocenters. The number of carbonyl (C=O) groups excluding carboxylic acids is 1. The molecular formula is C16H8ClF6NO2. The van der Waals surface area contributed by atoms with Gasteiger partial charge in [0, 0.05) is 22.2 Å². The Morgan fingerprint density at radius 2 is 1.73 bits per heavy atom. The number of ether oxygens (including phenoxy) is 1. The van der Waals surface area contributed by atoms with Crippen LogP contribution in [0.25, 0.3) is 0 Å². The van der Waals surface area contributed by atoms with E-state index in [-0.39, 0.29) is 10.7 Å². The third-order valence-corrected chi connectivity index (χ3v) is 3.93. The molecule has 2 aromatic carbocycles. The molecule has 1 amide bonds. The summed E-state index contributed by atoms with van der Waals surface area (Å²) in [4.78, 5) is 12.2. The smallest absolute Gasteiger partial charge is 0.422 e. The summed E-state index contributed by atoms with van der Waals surface area (Å²) in [6, 6.07) is 4.01. The maximum Gasteiger partial charge on any atom is 0.422 e. The van der Waals surface area contributed by atoms with Gasteiger partial charge in [-0.15, -0.1) is 0 Å². The number of amides is 1. The second-order valence-corrected chi connectivity index (χ2v) is 5.91. The highest BCUT2D eigenvalue weighted by molar-refractivity contribution is 6.30. The number of fused-ring (bicyclic) bond motifs is 1. The number of nitrogens with one attached hydrogen (secondary N) is 1. The van der Waals surface area contributed by atoms with Crippen molar-refractivity contribution < 1.29 is 35.9 Å². The number of hydrogen-bond donors (Lipinski definition) is 1. The average Bonchev–Trinajstić information content (AvgIpc) is 2.78. The lowest BCUT2D eigenvalue weighted by atomic mass is 9.88.